The van der Waals surface area contributed by atoms with Crippen molar-refractivity contribution in [2.24, 2.45) is 7.05 Å². The first kappa shape index (κ1) is 14.1. The highest BCUT2D eigenvalue weighted by Crippen LogP contribution is 2.35. The number of fused-ring (bicyclic) bond motifs is 3. The topological polar surface area (TPSA) is 31.2 Å². The van der Waals surface area contributed by atoms with Gasteiger partial charge in [-0.15, -0.1) is 0 Å². The van der Waals surface area contributed by atoms with Crippen molar-refractivity contribution in [1.29, 1.82) is 0 Å². The lowest BCUT2D eigenvalue weighted by Gasteiger charge is -2.11. The van der Waals surface area contributed by atoms with Gasteiger partial charge in [-0.05, 0) is 36.8 Å². The Kier molecular flexibility index (Phi) is 3.49. The lowest BCUT2D eigenvalue weighted by molar-refractivity contribution is -0.141. The van der Waals surface area contributed by atoms with Gasteiger partial charge < -0.3 is 9.30 Å². The zero-order valence-corrected chi connectivity index (χ0v) is 13.8. The molecule has 0 aliphatic rings. The molecule has 1 atom stereocenters. The van der Waals surface area contributed by atoms with E-state index in [0.717, 1.165) is 31.8 Å². The van der Waals surface area contributed by atoms with E-state index in [1.807, 2.05) is 32.2 Å². The molecule has 2 aromatic carbocycles. The summed E-state index contributed by atoms with van der Waals surface area (Å²) in [5.74, 6) is -0.502. The Morgan fingerprint density at radius 2 is 2.00 bits per heavy atom. The van der Waals surface area contributed by atoms with Gasteiger partial charge in [0.2, 0.25) is 0 Å². The minimum absolute atomic E-state index is 0.213. The van der Waals surface area contributed by atoms with E-state index < -0.39 is 0 Å². The molecule has 0 saturated heterocycles. The van der Waals surface area contributed by atoms with Crippen LogP contribution in [-0.4, -0.2) is 17.6 Å². The summed E-state index contributed by atoms with van der Waals surface area (Å²) in [7, 11) is 3.48. The van der Waals surface area contributed by atoms with E-state index in [-0.39, 0.29) is 11.9 Å². The van der Waals surface area contributed by atoms with Crippen LogP contribution in [-0.2, 0) is 16.6 Å². The molecule has 1 aromatic heterocycles. The first-order valence-electron chi connectivity index (χ1n) is 6.79. The van der Waals surface area contributed by atoms with Gasteiger partial charge in [0.25, 0.3) is 0 Å². The van der Waals surface area contributed by atoms with Crippen molar-refractivity contribution in [2.75, 3.05) is 7.11 Å². The minimum Gasteiger partial charge on any atom is -0.469 e. The average molecular weight is 346 g/mol. The molecular formula is C17H16BrNO2. The van der Waals surface area contributed by atoms with Gasteiger partial charge in [0, 0.05) is 33.3 Å². The molecular weight excluding hydrogens is 330 g/mol. The van der Waals surface area contributed by atoms with Crippen LogP contribution in [0.5, 0.6) is 0 Å². The summed E-state index contributed by atoms with van der Waals surface area (Å²) in [4.78, 5) is 11.9. The molecule has 0 bridgehead atoms. The Hall–Kier alpha value is -1.81. The van der Waals surface area contributed by atoms with E-state index in [1.165, 1.54) is 7.11 Å². The molecule has 0 radical (unpaired) electrons. The van der Waals surface area contributed by atoms with Crippen LogP contribution >= 0.6 is 15.9 Å². The second-order valence-corrected chi connectivity index (χ2v) is 6.12. The molecule has 0 aliphatic carbocycles. The Balaban J connectivity index is 2.41. The summed E-state index contributed by atoms with van der Waals surface area (Å²) < 4.78 is 8.09. The van der Waals surface area contributed by atoms with Crippen molar-refractivity contribution >= 4 is 43.7 Å². The van der Waals surface area contributed by atoms with Gasteiger partial charge in [-0.2, -0.15) is 0 Å². The number of esters is 1. The van der Waals surface area contributed by atoms with E-state index in [1.54, 1.807) is 0 Å². The highest BCUT2D eigenvalue weighted by molar-refractivity contribution is 9.10. The molecule has 21 heavy (non-hydrogen) atoms. The van der Waals surface area contributed by atoms with Crippen molar-refractivity contribution in [3.05, 3.63) is 46.4 Å². The Bertz CT molecular complexity index is 851. The predicted octanol–water partition coefficient (Wildman–Crippen LogP) is 4.37. The number of aryl methyl sites for hydroxylation is 1. The lowest BCUT2D eigenvalue weighted by Crippen LogP contribution is -2.11. The number of carbonyl (C=O) groups is 1. The van der Waals surface area contributed by atoms with Crippen LogP contribution in [0.2, 0.25) is 0 Å². The van der Waals surface area contributed by atoms with Crippen molar-refractivity contribution < 1.29 is 9.53 Å². The van der Waals surface area contributed by atoms with Crippen LogP contribution in [0.4, 0.5) is 0 Å². The second-order valence-electron chi connectivity index (χ2n) is 5.21. The molecule has 1 unspecified atom stereocenters. The molecule has 0 saturated carbocycles. The summed E-state index contributed by atoms with van der Waals surface area (Å²) in [5.41, 5.74) is 3.28. The smallest absolute Gasteiger partial charge is 0.312 e. The van der Waals surface area contributed by atoms with E-state index in [2.05, 4.69) is 38.7 Å². The van der Waals surface area contributed by atoms with Crippen molar-refractivity contribution in [3.63, 3.8) is 0 Å². The molecule has 3 rings (SSSR count). The number of halogens is 1. The van der Waals surface area contributed by atoms with E-state index in [0.29, 0.717) is 0 Å². The van der Waals surface area contributed by atoms with Gasteiger partial charge in [-0.1, -0.05) is 28.1 Å². The SMILES string of the molecule is COC(=O)C(C)c1cccc2c1c1cc(Br)ccc1n2C. The van der Waals surface area contributed by atoms with Crippen LogP contribution < -0.4 is 0 Å². The average Bonchev–Trinajstić information content (AvgIpc) is 2.78. The summed E-state index contributed by atoms with van der Waals surface area (Å²) in [5, 5.41) is 2.27. The largest absolute Gasteiger partial charge is 0.469 e. The Morgan fingerprint density at radius 1 is 1.24 bits per heavy atom. The molecule has 1 heterocycles. The van der Waals surface area contributed by atoms with Gasteiger partial charge in [0.1, 0.15) is 0 Å². The van der Waals surface area contributed by atoms with E-state index in [4.69, 9.17) is 4.74 Å². The van der Waals surface area contributed by atoms with Gasteiger partial charge in [-0.25, -0.2) is 0 Å². The fourth-order valence-corrected chi connectivity index (χ4v) is 3.29. The molecule has 3 nitrogen and oxygen atoms in total. The summed E-state index contributed by atoms with van der Waals surface area (Å²) >= 11 is 3.53. The van der Waals surface area contributed by atoms with Crippen molar-refractivity contribution in [1.82, 2.24) is 4.57 Å². The van der Waals surface area contributed by atoms with E-state index >= 15 is 0 Å². The second kappa shape index (κ2) is 5.19. The third-order valence-corrected chi connectivity index (χ3v) is 4.54. The lowest BCUT2D eigenvalue weighted by atomic mass is 9.96. The first-order chi connectivity index (χ1) is 10.0. The third kappa shape index (κ3) is 2.14. The zero-order valence-electron chi connectivity index (χ0n) is 12.2. The molecule has 0 spiro atoms. The number of methoxy groups -OCH3 is 1. The number of rotatable bonds is 2. The maximum Gasteiger partial charge on any atom is 0.312 e. The Morgan fingerprint density at radius 3 is 2.71 bits per heavy atom. The zero-order chi connectivity index (χ0) is 15.1. The maximum atomic E-state index is 11.9. The molecule has 3 aromatic rings. The minimum atomic E-state index is -0.289. The van der Waals surface area contributed by atoms with Gasteiger partial charge >= 0.3 is 5.97 Å². The number of aromatic nitrogens is 1. The molecule has 0 fully saturated rings. The number of nitrogens with zero attached hydrogens (tertiary/aromatic N) is 1. The summed E-state index contributed by atoms with van der Waals surface area (Å²) in [6, 6.07) is 12.3. The van der Waals surface area contributed by atoms with Gasteiger partial charge in [0.05, 0.1) is 13.0 Å². The maximum absolute atomic E-state index is 11.9. The number of hydrogen-bond donors (Lipinski definition) is 0. The molecule has 108 valence electrons. The fourth-order valence-electron chi connectivity index (χ4n) is 2.93. The van der Waals surface area contributed by atoms with Crippen LogP contribution in [0.15, 0.2) is 40.9 Å². The molecule has 0 amide bonds. The molecule has 4 heteroatoms. The highest BCUT2D eigenvalue weighted by atomic mass is 79.9. The van der Waals surface area contributed by atoms with Crippen LogP contribution in [0, 0.1) is 0 Å². The first-order valence-corrected chi connectivity index (χ1v) is 7.58. The third-order valence-electron chi connectivity index (χ3n) is 4.05. The highest BCUT2D eigenvalue weighted by Gasteiger charge is 2.21. The predicted molar refractivity (Wildman–Crippen MR) is 88.6 cm³/mol. The van der Waals surface area contributed by atoms with E-state index in [9.17, 15) is 4.79 Å². The molecule has 0 aliphatic heterocycles. The Labute approximate surface area is 131 Å². The number of ether oxygens (including phenoxy) is 1. The number of carbonyl (C=O) groups excluding carboxylic acids is 1. The summed E-state index contributed by atoms with van der Waals surface area (Å²) in [6.45, 7) is 1.89. The van der Waals surface area contributed by atoms with Crippen LogP contribution in [0.25, 0.3) is 21.8 Å². The number of benzene rings is 2. The van der Waals surface area contributed by atoms with Gasteiger partial charge in [0.15, 0.2) is 0 Å². The standard InChI is InChI=1S/C17H16BrNO2/c1-10(17(20)21-3)12-5-4-6-15-16(12)13-9-11(18)7-8-14(13)19(15)2/h4-10H,1-3H3. The fraction of sp³-hybridized carbons (Fsp3) is 0.235. The van der Waals surface area contributed by atoms with Crippen LogP contribution in [0.3, 0.4) is 0 Å². The van der Waals surface area contributed by atoms with Crippen LogP contribution in [0.1, 0.15) is 18.4 Å². The van der Waals surface area contributed by atoms with Crippen molar-refractivity contribution in [3.8, 4) is 0 Å². The van der Waals surface area contributed by atoms with Crippen molar-refractivity contribution in [2.45, 2.75) is 12.8 Å². The molecule has 0 N–H and O–H groups in total. The quantitative estimate of drug-likeness (QED) is 0.645. The number of hydrogen-bond acceptors (Lipinski definition) is 2. The monoisotopic (exact) mass is 345 g/mol. The summed E-state index contributed by atoms with van der Waals surface area (Å²) in [6.07, 6.45) is 0. The normalized spacial score (nSPS) is 12.8. The van der Waals surface area contributed by atoms with Gasteiger partial charge in [-0.3, -0.25) is 4.79 Å².